The Balaban J connectivity index is 1.47. The summed E-state index contributed by atoms with van der Waals surface area (Å²) >= 11 is 6.85. The first-order chi connectivity index (χ1) is 13.5. The number of para-hydroxylation sites is 1. The lowest BCUT2D eigenvalue weighted by molar-refractivity contribution is -0.122. The van der Waals surface area contributed by atoms with Crippen molar-refractivity contribution in [3.63, 3.8) is 0 Å². The highest BCUT2D eigenvalue weighted by Crippen LogP contribution is 2.33. The Morgan fingerprint density at radius 1 is 1.14 bits per heavy atom. The first-order valence-electron chi connectivity index (χ1n) is 9.10. The number of benzene rings is 2. The highest BCUT2D eigenvalue weighted by Gasteiger charge is 2.31. The number of hydrogen-bond acceptors (Lipinski definition) is 4. The van der Waals surface area contributed by atoms with E-state index in [9.17, 15) is 4.79 Å². The van der Waals surface area contributed by atoms with Crippen LogP contribution in [0, 0.1) is 0 Å². The van der Waals surface area contributed by atoms with Crippen LogP contribution < -0.4 is 4.90 Å². The molecule has 2 aromatic carbocycles. The van der Waals surface area contributed by atoms with Crippen LogP contribution in [0.5, 0.6) is 0 Å². The number of hydrogen-bond donors (Lipinski definition) is 1. The third-order valence-electron chi connectivity index (χ3n) is 4.86. The van der Waals surface area contributed by atoms with Gasteiger partial charge in [0, 0.05) is 43.4 Å². The van der Waals surface area contributed by atoms with Crippen LogP contribution in [0.1, 0.15) is 11.1 Å². The zero-order chi connectivity index (χ0) is 19.7. The SMILES string of the molecule is CN(C)c1ccc(/C=C2\SC(=S)N(CCc3c[nH]c4ccccc34)C2=O)cc1. The second-order valence-electron chi connectivity index (χ2n) is 6.93. The molecular weight excluding hydrogens is 386 g/mol. The van der Waals surface area contributed by atoms with Gasteiger partial charge in [0.1, 0.15) is 4.32 Å². The number of H-pyrrole nitrogens is 1. The highest BCUT2D eigenvalue weighted by atomic mass is 32.2. The third kappa shape index (κ3) is 3.70. The van der Waals surface area contributed by atoms with Crippen molar-refractivity contribution in [1.29, 1.82) is 0 Å². The number of nitrogens with one attached hydrogen (secondary N) is 1. The number of aromatic nitrogens is 1. The first kappa shape index (κ1) is 18.8. The van der Waals surface area contributed by atoms with Gasteiger partial charge in [-0.3, -0.25) is 9.69 Å². The molecule has 0 bridgehead atoms. The summed E-state index contributed by atoms with van der Waals surface area (Å²) < 4.78 is 0.626. The van der Waals surface area contributed by atoms with E-state index in [0.717, 1.165) is 23.2 Å². The fraction of sp³-hybridized carbons (Fsp3) is 0.182. The second-order valence-corrected chi connectivity index (χ2v) is 8.60. The molecule has 1 fully saturated rings. The van der Waals surface area contributed by atoms with Gasteiger partial charge in [-0.25, -0.2) is 0 Å². The fourth-order valence-electron chi connectivity index (χ4n) is 3.28. The smallest absolute Gasteiger partial charge is 0.266 e. The lowest BCUT2D eigenvalue weighted by atomic mass is 10.1. The van der Waals surface area contributed by atoms with Crippen molar-refractivity contribution >= 4 is 56.9 Å². The number of rotatable bonds is 5. The van der Waals surface area contributed by atoms with Gasteiger partial charge in [-0.2, -0.15) is 0 Å². The van der Waals surface area contributed by atoms with Gasteiger partial charge in [-0.05, 0) is 41.8 Å². The van der Waals surface area contributed by atoms with Crippen molar-refractivity contribution in [3.05, 3.63) is 70.8 Å². The monoisotopic (exact) mass is 407 g/mol. The van der Waals surface area contributed by atoms with Crippen LogP contribution in [0.4, 0.5) is 5.69 Å². The molecule has 1 aliphatic heterocycles. The topological polar surface area (TPSA) is 39.3 Å². The minimum atomic E-state index is -0.00785. The maximum atomic E-state index is 12.9. The number of thiocarbonyl (C=S) groups is 1. The molecule has 1 aromatic heterocycles. The van der Waals surface area contributed by atoms with E-state index in [1.807, 2.05) is 67.7 Å². The van der Waals surface area contributed by atoms with E-state index in [-0.39, 0.29) is 5.91 Å². The van der Waals surface area contributed by atoms with E-state index in [0.29, 0.717) is 15.8 Å². The summed E-state index contributed by atoms with van der Waals surface area (Å²) in [4.78, 5) is 20.6. The van der Waals surface area contributed by atoms with Crippen LogP contribution in [-0.4, -0.2) is 40.8 Å². The Morgan fingerprint density at radius 3 is 2.64 bits per heavy atom. The summed E-state index contributed by atoms with van der Waals surface area (Å²) in [6, 6.07) is 16.3. The normalized spacial score (nSPS) is 15.8. The van der Waals surface area contributed by atoms with Gasteiger partial charge >= 0.3 is 0 Å². The zero-order valence-electron chi connectivity index (χ0n) is 15.8. The Hall–Kier alpha value is -2.57. The molecule has 3 aromatic rings. The molecule has 1 amide bonds. The van der Waals surface area contributed by atoms with Gasteiger partial charge in [-0.15, -0.1) is 0 Å². The number of thioether (sulfide) groups is 1. The van der Waals surface area contributed by atoms with Crippen molar-refractivity contribution in [3.8, 4) is 0 Å². The number of carbonyl (C=O) groups excluding carboxylic acids is 1. The minimum absolute atomic E-state index is 0.00785. The van der Waals surface area contributed by atoms with Crippen LogP contribution in [0.2, 0.25) is 0 Å². The Bertz CT molecular complexity index is 1070. The average Bonchev–Trinajstić information content (AvgIpc) is 3.22. The van der Waals surface area contributed by atoms with Gasteiger partial charge in [-0.1, -0.05) is 54.3 Å². The lowest BCUT2D eigenvalue weighted by Crippen LogP contribution is -2.30. The number of anilines is 1. The molecule has 0 unspecified atom stereocenters. The Kier molecular flexibility index (Phi) is 5.24. The van der Waals surface area contributed by atoms with Gasteiger partial charge < -0.3 is 9.88 Å². The molecule has 28 heavy (non-hydrogen) atoms. The number of amides is 1. The van der Waals surface area contributed by atoms with E-state index in [2.05, 4.69) is 17.1 Å². The molecule has 142 valence electrons. The van der Waals surface area contributed by atoms with Crippen LogP contribution in [0.3, 0.4) is 0 Å². The summed E-state index contributed by atoms with van der Waals surface area (Å²) in [7, 11) is 4.02. The van der Waals surface area contributed by atoms with Gasteiger partial charge in [0.15, 0.2) is 0 Å². The molecule has 6 heteroatoms. The standard InChI is InChI=1S/C22H21N3OS2/c1-24(2)17-9-7-15(8-10-17)13-20-21(26)25(22(27)28-20)12-11-16-14-23-19-6-4-3-5-18(16)19/h3-10,13-14,23H,11-12H2,1-2H3/b20-13-. The molecule has 4 rings (SSSR count). The molecule has 1 N–H and O–H groups in total. The predicted molar refractivity (Wildman–Crippen MR) is 123 cm³/mol. The van der Waals surface area contributed by atoms with Gasteiger partial charge in [0.25, 0.3) is 5.91 Å². The third-order valence-corrected chi connectivity index (χ3v) is 6.24. The molecule has 4 nitrogen and oxygen atoms in total. The highest BCUT2D eigenvalue weighted by molar-refractivity contribution is 8.26. The van der Waals surface area contributed by atoms with E-state index in [1.54, 1.807) is 4.90 Å². The minimum Gasteiger partial charge on any atom is -0.378 e. The van der Waals surface area contributed by atoms with Crippen LogP contribution in [0.25, 0.3) is 17.0 Å². The molecule has 2 heterocycles. The number of carbonyl (C=O) groups is 1. The first-order valence-corrected chi connectivity index (χ1v) is 10.3. The van der Waals surface area contributed by atoms with E-state index >= 15 is 0 Å². The summed E-state index contributed by atoms with van der Waals surface area (Å²) in [6.45, 7) is 0.587. The van der Waals surface area contributed by atoms with E-state index in [4.69, 9.17) is 12.2 Å². The Morgan fingerprint density at radius 2 is 1.89 bits per heavy atom. The summed E-state index contributed by atoms with van der Waals surface area (Å²) in [6.07, 6.45) is 4.70. The molecule has 0 aliphatic carbocycles. The molecule has 1 aliphatic rings. The maximum absolute atomic E-state index is 12.9. The van der Waals surface area contributed by atoms with Crippen molar-refractivity contribution in [2.45, 2.75) is 6.42 Å². The fourth-order valence-corrected chi connectivity index (χ4v) is 4.59. The molecule has 0 spiro atoms. The molecule has 0 atom stereocenters. The van der Waals surface area contributed by atoms with Gasteiger partial charge in [0.05, 0.1) is 4.91 Å². The van der Waals surface area contributed by atoms with Crippen molar-refractivity contribution in [1.82, 2.24) is 9.88 Å². The van der Waals surface area contributed by atoms with Crippen molar-refractivity contribution < 1.29 is 4.79 Å². The van der Waals surface area contributed by atoms with E-state index < -0.39 is 0 Å². The summed E-state index contributed by atoms with van der Waals surface area (Å²) in [5.74, 6) is -0.00785. The molecule has 0 saturated carbocycles. The van der Waals surface area contributed by atoms with E-state index in [1.165, 1.54) is 22.7 Å². The maximum Gasteiger partial charge on any atom is 0.266 e. The summed E-state index contributed by atoms with van der Waals surface area (Å²) in [5.41, 5.74) is 4.45. The number of aromatic amines is 1. The van der Waals surface area contributed by atoms with Crippen molar-refractivity contribution in [2.75, 3.05) is 25.5 Å². The zero-order valence-corrected chi connectivity index (χ0v) is 17.4. The van der Waals surface area contributed by atoms with Crippen molar-refractivity contribution in [2.24, 2.45) is 0 Å². The molecule has 1 saturated heterocycles. The van der Waals surface area contributed by atoms with Crippen LogP contribution in [0.15, 0.2) is 59.6 Å². The largest absolute Gasteiger partial charge is 0.378 e. The molecular formula is C22H21N3OS2. The molecule has 0 radical (unpaired) electrons. The second kappa shape index (κ2) is 7.81. The quantitative estimate of drug-likeness (QED) is 0.492. The average molecular weight is 408 g/mol. The van der Waals surface area contributed by atoms with Crippen LogP contribution in [-0.2, 0) is 11.2 Å². The number of nitrogens with zero attached hydrogens (tertiary/aromatic N) is 2. The van der Waals surface area contributed by atoms with Crippen LogP contribution >= 0.6 is 24.0 Å². The lowest BCUT2D eigenvalue weighted by Gasteiger charge is -2.14. The van der Waals surface area contributed by atoms with Gasteiger partial charge in [0.2, 0.25) is 0 Å². The Labute approximate surface area is 174 Å². The number of fused-ring (bicyclic) bond motifs is 1. The predicted octanol–water partition coefficient (Wildman–Crippen LogP) is 4.68. The summed E-state index contributed by atoms with van der Waals surface area (Å²) in [5, 5.41) is 1.20.